The molecule has 0 heterocycles. The average Bonchev–Trinajstić information content (AvgIpc) is 2.90. The molecule has 0 bridgehead atoms. The predicted molar refractivity (Wildman–Crippen MR) is 87.6 cm³/mol. The van der Waals surface area contributed by atoms with Crippen LogP contribution >= 0.6 is 0 Å². The number of benzene rings is 1. The molecule has 0 unspecified atom stereocenters. The molecule has 0 radical (unpaired) electrons. The lowest BCUT2D eigenvalue weighted by Crippen LogP contribution is -2.44. The molecule has 1 fully saturated rings. The number of ether oxygens (including phenoxy) is 1. The van der Waals surface area contributed by atoms with Crippen molar-refractivity contribution in [2.75, 3.05) is 0 Å². The van der Waals surface area contributed by atoms with Crippen molar-refractivity contribution in [2.45, 2.75) is 63.0 Å². The number of hydrogen-bond donors (Lipinski definition) is 2. The van der Waals surface area contributed by atoms with Crippen LogP contribution in [-0.4, -0.2) is 30.6 Å². The summed E-state index contributed by atoms with van der Waals surface area (Å²) < 4.78 is 34.8. The second-order valence-corrected chi connectivity index (χ2v) is 7.74. The van der Waals surface area contributed by atoms with Crippen molar-refractivity contribution in [3.63, 3.8) is 0 Å². The SMILES string of the molecule is CC(C)(N)C(=O)OC1CCCC1.Cc1ccc(S(=O)(=O)O)cc1. The van der Waals surface area contributed by atoms with E-state index < -0.39 is 15.7 Å². The van der Waals surface area contributed by atoms with Crippen molar-refractivity contribution in [3.8, 4) is 0 Å². The Kier molecular flexibility index (Phi) is 6.73. The fraction of sp³-hybridized carbons (Fsp3) is 0.562. The van der Waals surface area contributed by atoms with Gasteiger partial charge in [-0.1, -0.05) is 17.7 Å². The molecule has 1 aliphatic carbocycles. The van der Waals surface area contributed by atoms with Gasteiger partial charge in [0.25, 0.3) is 10.1 Å². The molecule has 130 valence electrons. The van der Waals surface area contributed by atoms with Crippen LogP contribution in [0.4, 0.5) is 0 Å². The van der Waals surface area contributed by atoms with Crippen LogP contribution in [0.3, 0.4) is 0 Å². The minimum atomic E-state index is -4.02. The Hall–Kier alpha value is -1.44. The zero-order chi connectivity index (χ0) is 17.7. The Labute approximate surface area is 137 Å². The molecule has 1 aliphatic rings. The van der Waals surface area contributed by atoms with Gasteiger partial charge in [-0.3, -0.25) is 9.35 Å². The predicted octanol–water partition coefficient (Wildman–Crippen LogP) is 2.45. The van der Waals surface area contributed by atoms with Crippen LogP contribution in [0, 0.1) is 6.92 Å². The van der Waals surface area contributed by atoms with Crippen molar-refractivity contribution < 1.29 is 22.5 Å². The molecule has 0 atom stereocenters. The number of rotatable bonds is 3. The van der Waals surface area contributed by atoms with E-state index in [9.17, 15) is 13.2 Å². The number of carbonyl (C=O) groups excluding carboxylic acids is 1. The highest BCUT2D eigenvalue weighted by molar-refractivity contribution is 7.85. The molecule has 0 spiro atoms. The number of nitrogens with two attached hydrogens (primary N) is 1. The molecule has 0 saturated heterocycles. The lowest BCUT2D eigenvalue weighted by atomic mass is 10.1. The van der Waals surface area contributed by atoms with Gasteiger partial charge in [-0.05, 0) is 58.6 Å². The first kappa shape index (κ1) is 19.6. The maximum absolute atomic E-state index is 11.3. The van der Waals surface area contributed by atoms with Crippen LogP contribution in [0.1, 0.15) is 45.1 Å². The van der Waals surface area contributed by atoms with Crippen LogP contribution in [0.2, 0.25) is 0 Å². The lowest BCUT2D eigenvalue weighted by Gasteiger charge is -2.20. The Bertz CT molecular complexity index is 611. The quantitative estimate of drug-likeness (QED) is 0.645. The van der Waals surface area contributed by atoms with Gasteiger partial charge in [0.05, 0.1) is 4.90 Å². The van der Waals surface area contributed by atoms with E-state index in [0.29, 0.717) is 0 Å². The summed E-state index contributed by atoms with van der Waals surface area (Å²) in [7, 11) is -4.02. The summed E-state index contributed by atoms with van der Waals surface area (Å²) in [5.41, 5.74) is 5.69. The van der Waals surface area contributed by atoms with Gasteiger partial charge >= 0.3 is 5.97 Å². The monoisotopic (exact) mass is 343 g/mol. The third-order valence-electron chi connectivity index (χ3n) is 3.42. The zero-order valence-corrected chi connectivity index (χ0v) is 14.6. The summed E-state index contributed by atoms with van der Waals surface area (Å²) in [5, 5.41) is 0. The van der Waals surface area contributed by atoms with Crippen molar-refractivity contribution in [1.29, 1.82) is 0 Å². The van der Waals surface area contributed by atoms with Crippen molar-refractivity contribution in [2.24, 2.45) is 5.73 Å². The van der Waals surface area contributed by atoms with Gasteiger partial charge < -0.3 is 10.5 Å². The molecule has 23 heavy (non-hydrogen) atoms. The zero-order valence-electron chi connectivity index (χ0n) is 13.8. The topological polar surface area (TPSA) is 107 Å². The standard InChI is InChI=1S/C9H17NO2.C7H8O3S/c1-9(2,10)8(11)12-7-5-3-4-6-7;1-6-2-4-7(5-3-6)11(8,9)10/h7H,3-6,10H2,1-2H3;2-5H,1H3,(H,8,9,10). The van der Waals surface area contributed by atoms with Gasteiger partial charge in [0.15, 0.2) is 0 Å². The van der Waals surface area contributed by atoms with E-state index in [1.807, 2.05) is 6.92 Å². The van der Waals surface area contributed by atoms with Gasteiger partial charge in [-0.15, -0.1) is 0 Å². The molecule has 0 amide bonds. The van der Waals surface area contributed by atoms with E-state index in [4.69, 9.17) is 15.0 Å². The Morgan fingerprint density at radius 2 is 1.70 bits per heavy atom. The molecule has 2 rings (SSSR count). The van der Waals surface area contributed by atoms with Gasteiger partial charge in [-0.25, -0.2) is 0 Å². The second kappa shape index (κ2) is 7.90. The van der Waals surface area contributed by atoms with Crippen LogP contribution in [-0.2, 0) is 19.6 Å². The molecule has 1 saturated carbocycles. The summed E-state index contributed by atoms with van der Waals surface area (Å²) in [6.45, 7) is 5.18. The van der Waals surface area contributed by atoms with Crippen LogP contribution < -0.4 is 5.73 Å². The van der Waals surface area contributed by atoms with Crippen LogP contribution in [0.25, 0.3) is 0 Å². The largest absolute Gasteiger partial charge is 0.461 e. The molecule has 0 aliphatic heterocycles. The maximum Gasteiger partial charge on any atom is 0.325 e. The minimum Gasteiger partial charge on any atom is -0.461 e. The number of carbonyl (C=O) groups is 1. The second-order valence-electron chi connectivity index (χ2n) is 6.32. The van der Waals surface area contributed by atoms with E-state index in [0.717, 1.165) is 18.4 Å². The normalized spacial score (nSPS) is 15.7. The van der Waals surface area contributed by atoms with E-state index in [1.165, 1.54) is 25.0 Å². The van der Waals surface area contributed by atoms with Gasteiger partial charge in [0, 0.05) is 0 Å². The summed E-state index contributed by atoms with van der Waals surface area (Å²) in [4.78, 5) is 11.2. The molecular weight excluding hydrogens is 318 g/mol. The van der Waals surface area contributed by atoms with Crippen molar-refractivity contribution in [3.05, 3.63) is 29.8 Å². The molecule has 1 aromatic rings. The van der Waals surface area contributed by atoms with Crippen molar-refractivity contribution in [1.82, 2.24) is 0 Å². The maximum atomic E-state index is 11.3. The number of hydrogen-bond acceptors (Lipinski definition) is 5. The van der Waals surface area contributed by atoms with Crippen LogP contribution in [0.15, 0.2) is 29.2 Å². The molecule has 0 aromatic heterocycles. The molecule has 6 nitrogen and oxygen atoms in total. The molecule has 1 aromatic carbocycles. The fourth-order valence-corrected chi connectivity index (χ4v) is 2.50. The highest BCUT2D eigenvalue weighted by atomic mass is 32.2. The lowest BCUT2D eigenvalue weighted by molar-refractivity contribution is -0.154. The first-order valence-corrected chi connectivity index (χ1v) is 8.98. The van der Waals surface area contributed by atoms with E-state index >= 15 is 0 Å². The first-order chi connectivity index (χ1) is 10.5. The van der Waals surface area contributed by atoms with Gasteiger partial charge in [0.1, 0.15) is 11.6 Å². The molecule has 3 N–H and O–H groups in total. The van der Waals surface area contributed by atoms with E-state index in [-0.39, 0.29) is 17.0 Å². The Morgan fingerprint density at radius 1 is 1.22 bits per heavy atom. The van der Waals surface area contributed by atoms with Crippen molar-refractivity contribution >= 4 is 16.1 Å². The van der Waals surface area contributed by atoms with Gasteiger partial charge in [0.2, 0.25) is 0 Å². The number of aryl methyl sites for hydroxylation is 1. The Balaban J connectivity index is 0.000000231. The summed E-state index contributed by atoms with van der Waals surface area (Å²) in [6, 6.07) is 5.99. The summed E-state index contributed by atoms with van der Waals surface area (Å²) in [6.07, 6.45) is 4.47. The fourth-order valence-electron chi connectivity index (χ4n) is 2.02. The Morgan fingerprint density at radius 3 is 2.09 bits per heavy atom. The average molecular weight is 343 g/mol. The molecule has 7 heteroatoms. The third kappa shape index (κ3) is 7.11. The first-order valence-electron chi connectivity index (χ1n) is 7.54. The van der Waals surface area contributed by atoms with Gasteiger partial charge in [-0.2, -0.15) is 8.42 Å². The van der Waals surface area contributed by atoms with E-state index in [1.54, 1.807) is 26.0 Å². The third-order valence-corrected chi connectivity index (χ3v) is 4.29. The van der Waals surface area contributed by atoms with Crippen LogP contribution in [0.5, 0.6) is 0 Å². The summed E-state index contributed by atoms with van der Waals surface area (Å²) in [5.74, 6) is -0.283. The molecular formula is C16H25NO5S. The minimum absolute atomic E-state index is 0.0666. The number of esters is 1. The van der Waals surface area contributed by atoms with E-state index in [2.05, 4.69) is 0 Å². The highest BCUT2D eigenvalue weighted by Crippen LogP contribution is 2.22. The summed E-state index contributed by atoms with van der Waals surface area (Å²) >= 11 is 0. The smallest absolute Gasteiger partial charge is 0.325 e. The highest BCUT2D eigenvalue weighted by Gasteiger charge is 2.28.